The van der Waals surface area contributed by atoms with Gasteiger partial charge in [0.05, 0.1) is 19.5 Å². The monoisotopic (exact) mass is 544 g/mol. The van der Waals surface area contributed by atoms with Crippen molar-refractivity contribution in [3.05, 3.63) is 71.7 Å². The Hall–Kier alpha value is -3.61. The van der Waals surface area contributed by atoms with Crippen LogP contribution < -0.4 is 9.47 Å². The zero-order valence-corrected chi connectivity index (χ0v) is 22.1. The SMILES string of the molecule is COc1ccnc(OC)c1-n1c(CS(=O)(=O)[C@@H](C)[C@H](OC)c2ccc(Cl)nc2)nnc1-c1cccnc1. The molecule has 13 heteroatoms. The predicted octanol–water partition coefficient (Wildman–Crippen LogP) is 3.48. The van der Waals surface area contributed by atoms with Gasteiger partial charge in [0.2, 0.25) is 5.88 Å². The Bertz CT molecular complexity index is 1440. The van der Waals surface area contributed by atoms with Gasteiger partial charge < -0.3 is 14.2 Å². The van der Waals surface area contributed by atoms with Gasteiger partial charge in [0, 0.05) is 49.1 Å². The van der Waals surface area contributed by atoms with Crippen LogP contribution in [0.3, 0.4) is 0 Å². The van der Waals surface area contributed by atoms with E-state index in [0.717, 1.165) is 0 Å². The fourth-order valence-corrected chi connectivity index (χ4v) is 5.49. The topological polar surface area (TPSA) is 131 Å². The van der Waals surface area contributed by atoms with E-state index in [1.165, 1.54) is 33.7 Å². The van der Waals surface area contributed by atoms with Gasteiger partial charge in [-0.25, -0.2) is 18.4 Å². The van der Waals surface area contributed by atoms with Crippen molar-refractivity contribution in [3.63, 3.8) is 0 Å². The average molecular weight is 545 g/mol. The molecule has 0 saturated carbocycles. The van der Waals surface area contributed by atoms with E-state index in [-0.39, 0.29) is 11.7 Å². The van der Waals surface area contributed by atoms with Crippen LogP contribution in [0.1, 0.15) is 24.4 Å². The molecule has 4 aromatic rings. The second kappa shape index (κ2) is 11.2. The van der Waals surface area contributed by atoms with Gasteiger partial charge in [0.1, 0.15) is 22.8 Å². The number of aromatic nitrogens is 6. The summed E-state index contributed by atoms with van der Waals surface area (Å²) in [6.45, 7) is 1.58. The number of methoxy groups -OCH3 is 3. The Morgan fingerprint density at radius 1 is 1.00 bits per heavy atom. The zero-order chi connectivity index (χ0) is 26.6. The van der Waals surface area contributed by atoms with E-state index < -0.39 is 26.9 Å². The molecule has 2 atom stereocenters. The maximum Gasteiger partial charge on any atom is 0.242 e. The molecule has 11 nitrogen and oxygen atoms in total. The van der Waals surface area contributed by atoms with Crippen molar-refractivity contribution in [2.45, 2.75) is 24.0 Å². The summed E-state index contributed by atoms with van der Waals surface area (Å²) >= 11 is 5.90. The summed E-state index contributed by atoms with van der Waals surface area (Å²) in [7, 11) is 0.550. The van der Waals surface area contributed by atoms with Crippen LogP contribution in [0.2, 0.25) is 5.15 Å². The maximum absolute atomic E-state index is 13.7. The van der Waals surface area contributed by atoms with Gasteiger partial charge in [-0.15, -0.1) is 10.2 Å². The molecule has 0 spiro atoms. The Labute approximate surface area is 219 Å². The van der Waals surface area contributed by atoms with Gasteiger partial charge in [-0.3, -0.25) is 9.55 Å². The van der Waals surface area contributed by atoms with Crippen molar-refractivity contribution < 1.29 is 22.6 Å². The lowest BCUT2D eigenvalue weighted by Gasteiger charge is -2.23. The molecule has 4 aromatic heterocycles. The average Bonchev–Trinajstić information content (AvgIpc) is 3.32. The van der Waals surface area contributed by atoms with Crippen LogP contribution in [0.25, 0.3) is 17.1 Å². The second-order valence-electron chi connectivity index (χ2n) is 7.97. The molecule has 4 heterocycles. The van der Waals surface area contributed by atoms with E-state index in [4.69, 9.17) is 25.8 Å². The first-order valence-electron chi connectivity index (χ1n) is 11.1. The van der Waals surface area contributed by atoms with Crippen molar-refractivity contribution in [1.29, 1.82) is 0 Å². The van der Waals surface area contributed by atoms with Gasteiger partial charge in [-0.05, 0) is 25.1 Å². The van der Waals surface area contributed by atoms with Crippen molar-refractivity contribution in [3.8, 4) is 28.7 Å². The maximum atomic E-state index is 13.7. The van der Waals surface area contributed by atoms with E-state index in [1.807, 2.05) is 0 Å². The van der Waals surface area contributed by atoms with Crippen molar-refractivity contribution in [2.24, 2.45) is 0 Å². The molecule has 0 unspecified atom stereocenters. The summed E-state index contributed by atoms with van der Waals surface area (Å²) in [6.07, 6.45) is 5.46. The van der Waals surface area contributed by atoms with E-state index in [0.29, 0.717) is 33.5 Å². The molecule has 0 aliphatic rings. The highest BCUT2D eigenvalue weighted by Crippen LogP contribution is 2.36. The number of pyridine rings is 3. The van der Waals surface area contributed by atoms with E-state index in [9.17, 15) is 8.42 Å². The van der Waals surface area contributed by atoms with Crippen LogP contribution in [0.5, 0.6) is 11.6 Å². The highest BCUT2D eigenvalue weighted by molar-refractivity contribution is 7.91. The molecule has 4 rings (SSSR count). The Morgan fingerprint density at radius 2 is 1.81 bits per heavy atom. The predicted molar refractivity (Wildman–Crippen MR) is 137 cm³/mol. The number of nitrogens with zero attached hydrogens (tertiary/aromatic N) is 6. The third kappa shape index (κ3) is 5.41. The summed E-state index contributed by atoms with van der Waals surface area (Å²) in [4.78, 5) is 12.5. The van der Waals surface area contributed by atoms with Gasteiger partial charge in [0.25, 0.3) is 0 Å². The third-order valence-corrected chi connectivity index (χ3v) is 8.06. The highest BCUT2D eigenvalue weighted by atomic mass is 35.5. The summed E-state index contributed by atoms with van der Waals surface area (Å²) in [5, 5.41) is 7.90. The van der Waals surface area contributed by atoms with E-state index in [1.54, 1.807) is 54.2 Å². The molecule has 194 valence electrons. The molecule has 0 aliphatic carbocycles. The molecular formula is C24H25ClN6O5S. The Kier molecular flexibility index (Phi) is 8.00. The Morgan fingerprint density at radius 3 is 2.43 bits per heavy atom. The smallest absolute Gasteiger partial charge is 0.242 e. The van der Waals surface area contributed by atoms with Crippen molar-refractivity contribution in [1.82, 2.24) is 29.7 Å². The normalized spacial score (nSPS) is 13.2. The summed E-state index contributed by atoms with van der Waals surface area (Å²) in [5.74, 6) is 0.632. The minimum atomic E-state index is -3.85. The number of rotatable bonds is 10. The van der Waals surface area contributed by atoms with Gasteiger partial charge in [-0.2, -0.15) is 0 Å². The van der Waals surface area contributed by atoms with Gasteiger partial charge in [0.15, 0.2) is 27.2 Å². The quantitative estimate of drug-likeness (QED) is 0.273. The molecule has 0 amide bonds. The largest absolute Gasteiger partial charge is 0.494 e. The van der Waals surface area contributed by atoms with Crippen LogP contribution in [0.15, 0.2) is 55.1 Å². The molecule has 0 aliphatic heterocycles. The van der Waals surface area contributed by atoms with Gasteiger partial charge >= 0.3 is 0 Å². The fraction of sp³-hybridized carbons (Fsp3) is 0.292. The lowest BCUT2D eigenvalue weighted by atomic mass is 10.1. The van der Waals surface area contributed by atoms with Crippen LogP contribution >= 0.6 is 11.6 Å². The van der Waals surface area contributed by atoms with Gasteiger partial charge in [-0.1, -0.05) is 17.7 Å². The van der Waals surface area contributed by atoms with Crippen LogP contribution in [-0.2, 0) is 20.3 Å². The number of halogens is 1. The third-order valence-electron chi connectivity index (χ3n) is 5.80. The van der Waals surface area contributed by atoms with E-state index in [2.05, 4.69) is 25.1 Å². The minimum absolute atomic E-state index is 0.138. The molecule has 0 aromatic carbocycles. The molecule has 0 N–H and O–H groups in total. The first kappa shape index (κ1) is 26.5. The zero-order valence-electron chi connectivity index (χ0n) is 20.6. The lowest BCUT2D eigenvalue weighted by Crippen LogP contribution is -2.29. The van der Waals surface area contributed by atoms with Crippen molar-refractivity contribution >= 4 is 21.4 Å². The molecule has 37 heavy (non-hydrogen) atoms. The molecule has 0 fully saturated rings. The van der Waals surface area contributed by atoms with E-state index >= 15 is 0 Å². The standard InChI is InChI=1S/C24H25ClN6O5S/c1-15(22(35-3)16-7-8-19(25)28-13-16)37(32,33)14-20-29-30-23(17-6-5-10-26-12-17)31(20)21-18(34-2)9-11-27-24(21)36-4/h5-13,15,22H,14H2,1-4H3/t15-,22-/m0/s1. The summed E-state index contributed by atoms with van der Waals surface area (Å²) < 4.78 is 45.5. The summed E-state index contributed by atoms with van der Waals surface area (Å²) in [6, 6.07) is 8.44. The number of sulfone groups is 1. The van der Waals surface area contributed by atoms with Crippen LogP contribution in [0, 0.1) is 0 Å². The highest BCUT2D eigenvalue weighted by Gasteiger charge is 2.34. The number of ether oxygens (including phenoxy) is 3. The number of hydrogen-bond acceptors (Lipinski definition) is 10. The molecule has 0 saturated heterocycles. The number of hydrogen-bond donors (Lipinski definition) is 0. The first-order chi connectivity index (χ1) is 17.8. The molecular weight excluding hydrogens is 520 g/mol. The van der Waals surface area contributed by atoms with Crippen molar-refractivity contribution in [2.75, 3.05) is 21.3 Å². The van der Waals surface area contributed by atoms with Crippen LogP contribution in [-0.4, -0.2) is 64.7 Å². The molecule has 0 bridgehead atoms. The minimum Gasteiger partial charge on any atom is -0.494 e. The first-order valence-corrected chi connectivity index (χ1v) is 13.2. The summed E-state index contributed by atoms with van der Waals surface area (Å²) in [5.41, 5.74) is 1.55. The molecule has 0 radical (unpaired) electrons. The lowest BCUT2D eigenvalue weighted by molar-refractivity contribution is 0.102. The second-order valence-corrected chi connectivity index (χ2v) is 10.7. The van der Waals surface area contributed by atoms with Crippen LogP contribution in [0.4, 0.5) is 0 Å². The fourth-order valence-electron chi connectivity index (χ4n) is 3.92. The Balaban J connectivity index is 1.83.